The van der Waals surface area contributed by atoms with E-state index < -0.39 is 30.1 Å². The number of nitrogens with two attached hydrogens (primary N) is 1. The van der Waals surface area contributed by atoms with Crippen LogP contribution in [0.4, 0.5) is 0 Å². The fraction of sp³-hybridized carbons (Fsp3) is 0.810. The minimum atomic E-state index is -1.01. The summed E-state index contributed by atoms with van der Waals surface area (Å²) in [6, 6.07) is -3.00. The van der Waals surface area contributed by atoms with Gasteiger partial charge in [0.15, 0.2) is 0 Å². The Morgan fingerprint density at radius 2 is 1.60 bits per heavy atom. The highest BCUT2D eigenvalue weighted by Crippen LogP contribution is 2.26. The van der Waals surface area contributed by atoms with Gasteiger partial charge >= 0.3 is 5.97 Å². The van der Waals surface area contributed by atoms with Gasteiger partial charge in [-0.25, -0.2) is 4.79 Å². The van der Waals surface area contributed by atoms with E-state index in [2.05, 4.69) is 5.32 Å². The number of carbonyl (C=O) groups is 4. The largest absolute Gasteiger partial charge is 0.480 e. The number of aliphatic carboxylic acids is 1. The van der Waals surface area contributed by atoms with Crippen molar-refractivity contribution in [3.63, 3.8) is 0 Å². The molecule has 0 aliphatic carbocycles. The van der Waals surface area contributed by atoms with Crippen molar-refractivity contribution in [3.05, 3.63) is 0 Å². The van der Waals surface area contributed by atoms with Crippen LogP contribution in [0.15, 0.2) is 0 Å². The zero-order chi connectivity index (χ0) is 22.6. The molecule has 0 spiro atoms. The first-order chi connectivity index (χ1) is 14.1. The molecule has 5 unspecified atom stereocenters. The Morgan fingerprint density at radius 3 is 2.13 bits per heavy atom. The molecule has 9 nitrogen and oxygen atoms in total. The van der Waals surface area contributed by atoms with Crippen molar-refractivity contribution in [3.8, 4) is 0 Å². The van der Waals surface area contributed by atoms with Crippen molar-refractivity contribution in [2.75, 3.05) is 13.1 Å². The van der Waals surface area contributed by atoms with E-state index >= 15 is 0 Å². The van der Waals surface area contributed by atoms with Crippen LogP contribution < -0.4 is 11.1 Å². The lowest BCUT2D eigenvalue weighted by Crippen LogP contribution is -2.58. The van der Waals surface area contributed by atoms with Crippen LogP contribution in [0.1, 0.15) is 59.8 Å². The second-order valence-corrected chi connectivity index (χ2v) is 8.86. The number of carboxylic acids is 1. The normalized spacial score (nSPS) is 24.6. The highest BCUT2D eigenvalue weighted by atomic mass is 16.4. The summed E-state index contributed by atoms with van der Waals surface area (Å²) in [5.74, 6) is -2.20. The SMILES string of the molecule is CCC(C)C(N)C(=O)NC(C(=O)N1CCCC1C(=O)N1CCCC1C(=O)O)C(C)C. The Balaban J connectivity index is 2.14. The van der Waals surface area contributed by atoms with E-state index in [0.717, 1.165) is 6.42 Å². The third-order valence-corrected chi connectivity index (χ3v) is 6.43. The van der Waals surface area contributed by atoms with Crippen molar-refractivity contribution in [2.24, 2.45) is 17.6 Å². The summed E-state index contributed by atoms with van der Waals surface area (Å²) in [4.78, 5) is 53.4. The number of nitrogens with one attached hydrogen (secondary N) is 1. The molecular formula is C21H36N4O5. The van der Waals surface area contributed by atoms with Crippen molar-refractivity contribution in [1.82, 2.24) is 15.1 Å². The second-order valence-electron chi connectivity index (χ2n) is 8.86. The maximum Gasteiger partial charge on any atom is 0.326 e. The van der Waals surface area contributed by atoms with Crippen LogP contribution >= 0.6 is 0 Å². The van der Waals surface area contributed by atoms with Crippen LogP contribution in [0.25, 0.3) is 0 Å². The van der Waals surface area contributed by atoms with Gasteiger partial charge in [0.2, 0.25) is 17.7 Å². The van der Waals surface area contributed by atoms with Gasteiger partial charge in [-0.1, -0.05) is 34.1 Å². The van der Waals surface area contributed by atoms with E-state index in [1.165, 1.54) is 9.80 Å². The van der Waals surface area contributed by atoms with Gasteiger partial charge < -0.3 is 26.0 Å². The third kappa shape index (κ3) is 5.11. The average Bonchev–Trinajstić information content (AvgIpc) is 3.38. The zero-order valence-corrected chi connectivity index (χ0v) is 18.5. The molecule has 170 valence electrons. The van der Waals surface area contributed by atoms with Gasteiger partial charge in [-0.15, -0.1) is 0 Å². The lowest BCUT2D eigenvalue weighted by atomic mass is 9.97. The summed E-state index contributed by atoms with van der Waals surface area (Å²) in [5, 5.41) is 12.2. The van der Waals surface area contributed by atoms with Crippen LogP contribution in [0, 0.1) is 11.8 Å². The van der Waals surface area contributed by atoms with Crippen molar-refractivity contribution in [2.45, 2.75) is 84.0 Å². The first kappa shape index (κ1) is 24.1. The van der Waals surface area contributed by atoms with E-state index in [4.69, 9.17) is 5.73 Å². The average molecular weight is 425 g/mol. The van der Waals surface area contributed by atoms with Crippen LogP contribution in [0.2, 0.25) is 0 Å². The van der Waals surface area contributed by atoms with Crippen LogP contribution in [0.5, 0.6) is 0 Å². The number of likely N-dealkylation sites (tertiary alicyclic amines) is 2. The summed E-state index contributed by atoms with van der Waals surface area (Å²) in [5.41, 5.74) is 6.02. The molecule has 0 bridgehead atoms. The minimum absolute atomic E-state index is 0.0165. The van der Waals surface area contributed by atoms with E-state index in [-0.39, 0.29) is 29.6 Å². The summed E-state index contributed by atoms with van der Waals surface area (Å²) in [6.07, 6.45) is 2.98. The summed E-state index contributed by atoms with van der Waals surface area (Å²) < 4.78 is 0. The van der Waals surface area contributed by atoms with Gasteiger partial charge in [-0.2, -0.15) is 0 Å². The van der Waals surface area contributed by atoms with E-state index in [0.29, 0.717) is 38.8 Å². The predicted molar refractivity (Wildman–Crippen MR) is 111 cm³/mol. The lowest BCUT2D eigenvalue weighted by Gasteiger charge is -2.33. The second kappa shape index (κ2) is 10.2. The predicted octanol–water partition coefficient (Wildman–Crippen LogP) is 0.567. The van der Waals surface area contributed by atoms with E-state index in [1.54, 1.807) is 0 Å². The molecule has 30 heavy (non-hydrogen) atoms. The lowest BCUT2D eigenvalue weighted by molar-refractivity contribution is -0.152. The maximum atomic E-state index is 13.3. The minimum Gasteiger partial charge on any atom is -0.480 e. The number of rotatable bonds is 8. The standard InChI is InChI=1S/C21H36N4O5/c1-5-13(4)16(22)18(26)23-17(12(2)3)20(28)24-10-6-8-14(24)19(27)25-11-7-9-15(25)21(29)30/h12-17H,5-11,22H2,1-4H3,(H,23,26)(H,29,30). The monoisotopic (exact) mass is 424 g/mol. The molecule has 0 aromatic heterocycles. The number of amides is 3. The fourth-order valence-corrected chi connectivity index (χ4v) is 4.22. The molecule has 5 atom stereocenters. The molecule has 3 amide bonds. The first-order valence-corrected chi connectivity index (χ1v) is 11.0. The van der Waals surface area contributed by atoms with Crippen molar-refractivity contribution >= 4 is 23.7 Å². The molecule has 0 aromatic rings. The molecule has 2 saturated heterocycles. The Bertz CT molecular complexity index is 668. The number of hydrogen-bond acceptors (Lipinski definition) is 5. The molecule has 0 saturated carbocycles. The molecule has 2 aliphatic heterocycles. The van der Waals surface area contributed by atoms with Crippen molar-refractivity contribution in [1.29, 1.82) is 0 Å². The molecule has 0 aromatic carbocycles. The molecular weight excluding hydrogens is 388 g/mol. The Kier molecular flexibility index (Phi) is 8.23. The smallest absolute Gasteiger partial charge is 0.326 e. The highest BCUT2D eigenvalue weighted by molar-refractivity contribution is 5.94. The topological polar surface area (TPSA) is 133 Å². The third-order valence-electron chi connectivity index (χ3n) is 6.43. The Morgan fingerprint density at radius 1 is 1.03 bits per heavy atom. The molecule has 0 radical (unpaired) electrons. The Hall–Kier alpha value is -2.16. The fourth-order valence-electron chi connectivity index (χ4n) is 4.22. The summed E-state index contributed by atoms with van der Waals surface area (Å²) in [6.45, 7) is 8.32. The molecule has 2 fully saturated rings. The van der Waals surface area contributed by atoms with Crippen LogP contribution in [0.3, 0.4) is 0 Å². The van der Waals surface area contributed by atoms with Crippen LogP contribution in [-0.4, -0.2) is 75.9 Å². The molecule has 2 aliphatic rings. The summed E-state index contributed by atoms with van der Waals surface area (Å²) >= 11 is 0. The number of hydrogen-bond donors (Lipinski definition) is 3. The van der Waals surface area contributed by atoms with E-state index in [9.17, 15) is 24.3 Å². The maximum absolute atomic E-state index is 13.3. The van der Waals surface area contributed by atoms with Gasteiger partial charge in [0.25, 0.3) is 0 Å². The zero-order valence-electron chi connectivity index (χ0n) is 18.5. The molecule has 2 rings (SSSR count). The number of carboxylic acid groups (broad SMARTS) is 1. The van der Waals surface area contributed by atoms with Crippen LogP contribution in [-0.2, 0) is 19.2 Å². The Labute approximate surface area is 178 Å². The first-order valence-electron chi connectivity index (χ1n) is 11.0. The van der Waals surface area contributed by atoms with E-state index in [1.807, 2.05) is 27.7 Å². The van der Waals surface area contributed by atoms with Gasteiger partial charge in [0.05, 0.1) is 6.04 Å². The number of carbonyl (C=O) groups excluding carboxylic acids is 3. The van der Waals surface area contributed by atoms with Crippen molar-refractivity contribution < 1.29 is 24.3 Å². The molecule has 2 heterocycles. The van der Waals surface area contributed by atoms with Gasteiger partial charge in [-0.3, -0.25) is 14.4 Å². The highest BCUT2D eigenvalue weighted by Gasteiger charge is 2.44. The number of nitrogens with zero attached hydrogens (tertiary/aromatic N) is 2. The summed E-state index contributed by atoms with van der Waals surface area (Å²) in [7, 11) is 0. The van der Waals surface area contributed by atoms with Gasteiger partial charge in [0.1, 0.15) is 18.1 Å². The van der Waals surface area contributed by atoms with Gasteiger partial charge in [0, 0.05) is 13.1 Å². The van der Waals surface area contributed by atoms with Gasteiger partial charge in [-0.05, 0) is 37.5 Å². The molecule has 9 heteroatoms. The molecule has 4 N–H and O–H groups in total. The quantitative estimate of drug-likeness (QED) is 0.522.